The molecule has 0 radical (unpaired) electrons. The van der Waals surface area contributed by atoms with Crippen molar-refractivity contribution in [3.8, 4) is 0 Å². The van der Waals surface area contributed by atoms with Gasteiger partial charge in [0.15, 0.2) is 0 Å². The van der Waals surface area contributed by atoms with Crippen molar-refractivity contribution >= 4 is 17.3 Å². The average molecular weight is 339 g/mol. The molecule has 26 heavy (non-hydrogen) atoms. The molecule has 1 heteroatoms. The third kappa shape index (κ3) is 4.97. The van der Waals surface area contributed by atoms with Gasteiger partial charge in [-0.1, -0.05) is 91.0 Å². The van der Waals surface area contributed by atoms with E-state index in [-0.39, 0.29) is 0 Å². The van der Waals surface area contributed by atoms with E-state index in [9.17, 15) is 0 Å². The molecule has 3 rings (SSSR count). The van der Waals surface area contributed by atoms with Crippen LogP contribution in [0.15, 0.2) is 97.1 Å². The van der Waals surface area contributed by atoms with Crippen LogP contribution in [0.3, 0.4) is 0 Å². The SMILES string of the molecule is CC(C)Nc1ccc(/C=C/C=C(c2ccccc2)c2ccccc2)cc1. The van der Waals surface area contributed by atoms with E-state index in [2.05, 4.69) is 122 Å². The Morgan fingerprint density at radius 1 is 0.731 bits per heavy atom. The molecule has 0 atom stereocenters. The Labute approximate surface area is 156 Å². The smallest absolute Gasteiger partial charge is 0.0342 e. The van der Waals surface area contributed by atoms with Crippen LogP contribution in [0.5, 0.6) is 0 Å². The largest absolute Gasteiger partial charge is 0.383 e. The Bertz CT molecular complexity index is 816. The maximum Gasteiger partial charge on any atom is 0.0342 e. The summed E-state index contributed by atoms with van der Waals surface area (Å²) in [5, 5.41) is 3.41. The van der Waals surface area contributed by atoms with Crippen LogP contribution in [0.4, 0.5) is 5.69 Å². The van der Waals surface area contributed by atoms with Crippen molar-refractivity contribution in [1.82, 2.24) is 0 Å². The fourth-order valence-electron chi connectivity index (χ4n) is 2.87. The van der Waals surface area contributed by atoms with Gasteiger partial charge < -0.3 is 5.32 Å². The summed E-state index contributed by atoms with van der Waals surface area (Å²) in [4.78, 5) is 0. The van der Waals surface area contributed by atoms with Gasteiger partial charge in [-0.2, -0.15) is 0 Å². The molecule has 0 aliphatic rings. The lowest BCUT2D eigenvalue weighted by molar-refractivity contribution is 0.900. The van der Waals surface area contributed by atoms with Gasteiger partial charge in [0.2, 0.25) is 0 Å². The summed E-state index contributed by atoms with van der Waals surface area (Å²) in [6, 6.07) is 30.0. The predicted octanol–water partition coefficient (Wildman–Crippen LogP) is 6.65. The first kappa shape index (κ1) is 17.8. The molecule has 130 valence electrons. The van der Waals surface area contributed by atoms with E-state index >= 15 is 0 Å². The molecule has 0 aromatic heterocycles. The fraction of sp³-hybridized carbons (Fsp3) is 0.120. The van der Waals surface area contributed by atoms with Crippen LogP contribution in [-0.2, 0) is 0 Å². The van der Waals surface area contributed by atoms with Gasteiger partial charge >= 0.3 is 0 Å². The Balaban J connectivity index is 1.83. The Kier molecular flexibility index (Phi) is 6.05. The zero-order chi connectivity index (χ0) is 18.2. The minimum atomic E-state index is 0.443. The lowest BCUT2D eigenvalue weighted by Crippen LogP contribution is -2.09. The summed E-state index contributed by atoms with van der Waals surface area (Å²) in [5.41, 5.74) is 6.01. The number of allylic oxidation sites excluding steroid dienone is 2. The van der Waals surface area contributed by atoms with Crippen molar-refractivity contribution < 1.29 is 0 Å². The van der Waals surface area contributed by atoms with Crippen LogP contribution in [0.1, 0.15) is 30.5 Å². The van der Waals surface area contributed by atoms with Crippen LogP contribution in [0.2, 0.25) is 0 Å². The summed E-state index contributed by atoms with van der Waals surface area (Å²) in [6.07, 6.45) is 6.45. The number of benzene rings is 3. The number of nitrogens with one attached hydrogen (secondary N) is 1. The number of rotatable bonds is 6. The molecule has 0 saturated heterocycles. The van der Waals surface area contributed by atoms with Gasteiger partial charge in [0.05, 0.1) is 0 Å². The van der Waals surface area contributed by atoms with E-state index in [0.29, 0.717) is 6.04 Å². The van der Waals surface area contributed by atoms with Gasteiger partial charge in [-0.3, -0.25) is 0 Å². The molecule has 0 unspecified atom stereocenters. The Hall–Kier alpha value is -3.06. The fourth-order valence-corrected chi connectivity index (χ4v) is 2.87. The molecule has 0 bridgehead atoms. The molecule has 1 nitrogen and oxygen atoms in total. The molecule has 0 saturated carbocycles. The molecule has 0 fully saturated rings. The highest BCUT2D eigenvalue weighted by Crippen LogP contribution is 2.23. The van der Waals surface area contributed by atoms with Gasteiger partial charge in [0.25, 0.3) is 0 Å². The van der Waals surface area contributed by atoms with Crippen molar-refractivity contribution in [2.45, 2.75) is 19.9 Å². The molecular formula is C25H25N. The zero-order valence-electron chi connectivity index (χ0n) is 15.4. The second-order valence-electron chi connectivity index (χ2n) is 6.59. The zero-order valence-corrected chi connectivity index (χ0v) is 15.4. The molecule has 3 aromatic rings. The number of hydrogen-bond acceptors (Lipinski definition) is 1. The van der Waals surface area contributed by atoms with Gasteiger partial charge in [-0.05, 0) is 48.2 Å². The maximum atomic E-state index is 3.41. The highest BCUT2D eigenvalue weighted by Gasteiger charge is 2.02. The second-order valence-corrected chi connectivity index (χ2v) is 6.59. The van der Waals surface area contributed by atoms with E-state index < -0.39 is 0 Å². The van der Waals surface area contributed by atoms with Crippen molar-refractivity contribution in [2.75, 3.05) is 5.32 Å². The Morgan fingerprint density at radius 3 is 1.77 bits per heavy atom. The van der Waals surface area contributed by atoms with E-state index in [1.165, 1.54) is 22.3 Å². The van der Waals surface area contributed by atoms with Crippen LogP contribution in [0, 0.1) is 0 Å². The highest BCUT2D eigenvalue weighted by atomic mass is 14.9. The topological polar surface area (TPSA) is 12.0 Å². The van der Waals surface area contributed by atoms with E-state index in [4.69, 9.17) is 0 Å². The van der Waals surface area contributed by atoms with Crippen molar-refractivity contribution in [3.63, 3.8) is 0 Å². The molecule has 0 heterocycles. The molecule has 0 amide bonds. The summed E-state index contributed by atoms with van der Waals surface area (Å²) >= 11 is 0. The first-order valence-electron chi connectivity index (χ1n) is 9.08. The first-order valence-corrected chi connectivity index (χ1v) is 9.08. The molecular weight excluding hydrogens is 314 g/mol. The molecule has 3 aromatic carbocycles. The standard InChI is InChI=1S/C25H25N/c1-20(2)26-24-18-16-21(17-19-24)10-9-15-25(22-11-5-3-6-12-22)23-13-7-4-8-14-23/h3-20,26H,1-2H3/b10-9+. The summed E-state index contributed by atoms with van der Waals surface area (Å²) in [7, 11) is 0. The van der Waals surface area contributed by atoms with E-state index in [1.807, 2.05) is 0 Å². The van der Waals surface area contributed by atoms with Gasteiger partial charge in [0.1, 0.15) is 0 Å². The van der Waals surface area contributed by atoms with E-state index in [1.54, 1.807) is 0 Å². The normalized spacial score (nSPS) is 10.9. The summed E-state index contributed by atoms with van der Waals surface area (Å²) < 4.78 is 0. The minimum absolute atomic E-state index is 0.443. The number of anilines is 1. The van der Waals surface area contributed by atoms with Crippen LogP contribution in [-0.4, -0.2) is 6.04 Å². The van der Waals surface area contributed by atoms with Crippen LogP contribution < -0.4 is 5.32 Å². The van der Waals surface area contributed by atoms with Gasteiger partial charge in [-0.15, -0.1) is 0 Å². The van der Waals surface area contributed by atoms with Crippen molar-refractivity contribution in [2.24, 2.45) is 0 Å². The molecule has 1 N–H and O–H groups in total. The monoisotopic (exact) mass is 339 g/mol. The third-order valence-corrected chi connectivity index (χ3v) is 4.09. The lowest BCUT2D eigenvalue weighted by atomic mass is 9.97. The third-order valence-electron chi connectivity index (χ3n) is 4.09. The summed E-state index contributed by atoms with van der Waals surface area (Å²) in [6.45, 7) is 4.29. The first-order chi connectivity index (χ1) is 12.7. The Morgan fingerprint density at radius 2 is 1.27 bits per heavy atom. The molecule has 0 spiro atoms. The van der Waals surface area contributed by atoms with E-state index in [0.717, 1.165) is 5.69 Å². The van der Waals surface area contributed by atoms with Crippen LogP contribution >= 0.6 is 0 Å². The quantitative estimate of drug-likeness (QED) is 0.496. The predicted molar refractivity (Wildman–Crippen MR) is 114 cm³/mol. The molecule has 0 aliphatic heterocycles. The van der Waals surface area contributed by atoms with Crippen molar-refractivity contribution in [3.05, 3.63) is 114 Å². The summed E-state index contributed by atoms with van der Waals surface area (Å²) in [5.74, 6) is 0. The van der Waals surface area contributed by atoms with Gasteiger partial charge in [-0.25, -0.2) is 0 Å². The maximum absolute atomic E-state index is 3.41. The lowest BCUT2D eigenvalue weighted by Gasteiger charge is -2.09. The average Bonchev–Trinajstić information content (AvgIpc) is 2.67. The number of hydrogen-bond donors (Lipinski definition) is 1. The minimum Gasteiger partial charge on any atom is -0.383 e. The second kappa shape index (κ2) is 8.87. The highest BCUT2D eigenvalue weighted by molar-refractivity contribution is 5.81. The van der Waals surface area contributed by atoms with Crippen LogP contribution in [0.25, 0.3) is 11.6 Å². The van der Waals surface area contributed by atoms with Crippen molar-refractivity contribution in [1.29, 1.82) is 0 Å². The molecule has 0 aliphatic carbocycles. The van der Waals surface area contributed by atoms with Gasteiger partial charge in [0, 0.05) is 11.7 Å².